The summed E-state index contributed by atoms with van der Waals surface area (Å²) in [4.78, 5) is 29.5. The zero-order valence-electron chi connectivity index (χ0n) is 16.9. The van der Waals surface area contributed by atoms with Gasteiger partial charge in [0.05, 0.1) is 24.1 Å². The Morgan fingerprint density at radius 2 is 1.97 bits per heavy atom. The second kappa shape index (κ2) is 7.31. The Balaban J connectivity index is 1.55. The van der Waals surface area contributed by atoms with Crippen LogP contribution in [0, 0.1) is 5.41 Å². The number of aromatic nitrogens is 3. The van der Waals surface area contributed by atoms with E-state index in [1.165, 1.54) is 6.20 Å². The maximum Gasteiger partial charge on any atom is 0.257 e. The summed E-state index contributed by atoms with van der Waals surface area (Å²) in [6, 6.07) is 7.60. The molecule has 2 heterocycles. The first-order valence-electron chi connectivity index (χ1n) is 9.77. The highest BCUT2D eigenvalue weighted by molar-refractivity contribution is 6.01. The van der Waals surface area contributed by atoms with Gasteiger partial charge in [0.25, 0.3) is 5.91 Å². The molecule has 7 nitrogen and oxygen atoms in total. The molecule has 29 heavy (non-hydrogen) atoms. The minimum absolute atomic E-state index is 0.0719. The van der Waals surface area contributed by atoms with Gasteiger partial charge in [-0.25, -0.2) is 9.50 Å². The number of ether oxygens (including phenoxy) is 1. The maximum atomic E-state index is 12.7. The fourth-order valence-corrected chi connectivity index (χ4v) is 3.73. The van der Waals surface area contributed by atoms with Crippen LogP contribution in [0.2, 0.25) is 0 Å². The van der Waals surface area contributed by atoms with E-state index in [4.69, 9.17) is 4.74 Å². The molecule has 0 fully saturated rings. The van der Waals surface area contributed by atoms with Crippen LogP contribution in [0.5, 0.6) is 5.75 Å². The molecule has 0 aliphatic heterocycles. The first-order valence-corrected chi connectivity index (χ1v) is 9.77. The van der Waals surface area contributed by atoms with Crippen molar-refractivity contribution < 1.29 is 14.3 Å². The van der Waals surface area contributed by atoms with Gasteiger partial charge in [-0.05, 0) is 36.5 Å². The van der Waals surface area contributed by atoms with Gasteiger partial charge in [0.15, 0.2) is 11.4 Å². The largest absolute Gasteiger partial charge is 0.494 e. The summed E-state index contributed by atoms with van der Waals surface area (Å²) in [6.45, 7) is 7.07. The second-order valence-electron chi connectivity index (χ2n) is 8.11. The van der Waals surface area contributed by atoms with Gasteiger partial charge in [0.2, 0.25) is 0 Å². The van der Waals surface area contributed by atoms with Crippen LogP contribution in [-0.2, 0) is 13.0 Å². The molecule has 3 aromatic rings. The fraction of sp³-hybridized carbons (Fsp3) is 0.364. The molecule has 0 saturated carbocycles. The second-order valence-corrected chi connectivity index (χ2v) is 8.11. The van der Waals surface area contributed by atoms with E-state index in [2.05, 4.69) is 29.2 Å². The number of Topliss-reactive ketones (excluding diaryl/α,β-unsaturated/α-hetero) is 1. The van der Waals surface area contributed by atoms with Crippen LogP contribution in [0.25, 0.3) is 5.65 Å². The van der Waals surface area contributed by atoms with Crippen LogP contribution in [-0.4, -0.2) is 32.9 Å². The van der Waals surface area contributed by atoms with Crippen molar-refractivity contribution in [3.63, 3.8) is 0 Å². The molecule has 0 saturated heterocycles. The summed E-state index contributed by atoms with van der Waals surface area (Å²) < 4.78 is 7.07. The van der Waals surface area contributed by atoms with E-state index >= 15 is 0 Å². The molecule has 1 aromatic carbocycles. The molecule has 4 rings (SSSR count). The highest BCUT2D eigenvalue weighted by atomic mass is 16.5. The molecule has 0 radical (unpaired) electrons. The van der Waals surface area contributed by atoms with Gasteiger partial charge in [-0.2, -0.15) is 5.10 Å². The zero-order valence-corrected chi connectivity index (χ0v) is 16.9. The summed E-state index contributed by atoms with van der Waals surface area (Å²) in [5.41, 5.74) is 3.12. The molecule has 0 spiro atoms. The topological polar surface area (TPSA) is 85.6 Å². The molecule has 0 bridgehead atoms. The number of benzene rings is 1. The quantitative estimate of drug-likeness (QED) is 0.721. The van der Waals surface area contributed by atoms with Crippen molar-refractivity contribution in [1.82, 2.24) is 19.9 Å². The number of carbonyl (C=O) groups is 2. The van der Waals surface area contributed by atoms with Crippen LogP contribution >= 0.6 is 0 Å². The maximum absolute atomic E-state index is 12.7. The number of nitrogens with zero attached hydrogens (tertiary/aromatic N) is 3. The third-order valence-corrected chi connectivity index (χ3v) is 5.14. The van der Waals surface area contributed by atoms with Crippen LogP contribution < -0.4 is 10.1 Å². The van der Waals surface area contributed by atoms with Crippen molar-refractivity contribution in [3.05, 3.63) is 59.0 Å². The number of rotatable bonds is 5. The average molecular weight is 392 g/mol. The fourth-order valence-electron chi connectivity index (χ4n) is 3.73. The van der Waals surface area contributed by atoms with E-state index < -0.39 is 0 Å². The predicted molar refractivity (Wildman–Crippen MR) is 108 cm³/mol. The summed E-state index contributed by atoms with van der Waals surface area (Å²) in [5.74, 6) is 0.627. The van der Waals surface area contributed by atoms with Gasteiger partial charge in [0, 0.05) is 19.2 Å². The third-order valence-electron chi connectivity index (χ3n) is 5.14. The lowest BCUT2D eigenvalue weighted by Gasteiger charge is -2.29. The molecular formula is C22H24N4O3. The van der Waals surface area contributed by atoms with Gasteiger partial charge in [-0.3, -0.25) is 9.59 Å². The summed E-state index contributed by atoms with van der Waals surface area (Å²) in [5, 5.41) is 7.27. The first kappa shape index (κ1) is 19.1. The summed E-state index contributed by atoms with van der Waals surface area (Å²) in [7, 11) is 0. The van der Waals surface area contributed by atoms with Crippen LogP contribution in [0.1, 0.15) is 59.2 Å². The average Bonchev–Trinajstić information content (AvgIpc) is 3.11. The van der Waals surface area contributed by atoms with E-state index in [0.29, 0.717) is 42.8 Å². The Kier molecular flexibility index (Phi) is 4.82. The molecule has 1 aliphatic rings. The normalized spacial score (nSPS) is 15.2. The molecule has 7 heteroatoms. The first-order chi connectivity index (χ1) is 13.9. The number of amides is 1. The van der Waals surface area contributed by atoms with Crippen molar-refractivity contribution >= 4 is 17.3 Å². The molecule has 150 valence electrons. The molecule has 1 N–H and O–H groups in total. The molecule has 1 amide bonds. The van der Waals surface area contributed by atoms with Gasteiger partial charge in [0.1, 0.15) is 11.3 Å². The summed E-state index contributed by atoms with van der Waals surface area (Å²) in [6.07, 6.45) is 4.29. The highest BCUT2D eigenvalue weighted by Gasteiger charge is 2.33. The predicted octanol–water partition coefficient (Wildman–Crippen LogP) is 3.21. The van der Waals surface area contributed by atoms with Gasteiger partial charge >= 0.3 is 0 Å². The minimum Gasteiger partial charge on any atom is -0.494 e. The van der Waals surface area contributed by atoms with Crippen molar-refractivity contribution in [1.29, 1.82) is 0 Å². The van der Waals surface area contributed by atoms with Gasteiger partial charge < -0.3 is 10.1 Å². The standard InChI is InChI=1S/C22H24N4O3/c1-4-29-15-7-5-14(6-8-15)11-24-21(28)17-13-25-26-18-9-22(2,3)10-19(27)16(18)12-23-20(17)26/h5-8,12-13H,4,9-11H2,1-3H3,(H,24,28). The minimum atomic E-state index is -0.247. The highest BCUT2D eigenvalue weighted by Crippen LogP contribution is 2.34. The number of hydrogen-bond donors (Lipinski definition) is 1. The number of fused-ring (bicyclic) bond motifs is 3. The van der Waals surface area contributed by atoms with E-state index in [9.17, 15) is 9.59 Å². The SMILES string of the molecule is CCOc1ccc(CNC(=O)c2cnn3c4c(cnc23)C(=O)CC(C)(C)C4)cc1. The van der Waals surface area contributed by atoms with Crippen LogP contribution in [0.15, 0.2) is 36.7 Å². The number of carbonyl (C=O) groups excluding carboxylic acids is 2. The molecule has 2 aromatic heterocycles. The lowest BCUT2D eigenvalue weighted by atomic mass is 9.76. The van der Waals surface area contributed by atoms with Crippen molar-refractivity contribution in [2.24, 2.45) is 5.41 Å². The molecule has 0 unspecified atom stereocenters. The monoisotopic (exact) mass is 392 g/mol. The lowest BCUT2D eigenvalue weighted by Crippen LogP contribution is -2.29. The summed E-state index contributed by atoms with van der Waals surface area (Å²) >= 11 is 0. The van der Waals surface area contributed by atoms with E-state index in [1.54, 1.807) is 10.7 Å². The Morgan fingerprint density at radius 3 is 2.69 bits per heavy atom. The van der Waals surface area contributed by atoms with E-state index in [-0.39, 0.29) is 17.1 Å². The Labute approximate surface area is 169 Å². The van der Waals surface area contributed by atoms with Crippen LogP contribution in [0.3, 0.4) is 0 Å². The molecular weight excluding hydrogens is 368 g/mol. The van der Waals surface area contributed by atoms with Crippen molar-refractivity contribution in [2.75, 3.05) is 6.61 Å². The smallest absolute Gasteiger partial charge is 0.257 e. The Morgan fingerprint density at radius 1 is 1.21 bits per heavy atom. The third kappa shape index (κ3) is 3.72. The zero-order chi connectivity index (χ0) is 20.6. The van der Waals surface area contributed by atoms with Gasteiger partial charge in [-0.15, -0.1) is 0 Å². The lowest BCUT2D eigenvalue weighted by molar-refractivity contribution is 0.0907. The molecule has 0 atom stereocenters. The molecule has 1 aliphatic carbocycles. The van der Waals surface area contributed by atoms with Crippen molar-refractivity contribution in [3.8, 4) is 5.75 Å². The Bertz CT molecular complexity index is 1080. The van der Waals surface area contributed by atoms with Crippen LogP contribution in [0.4, 0.5) is 0 Å². The number of nitrogens with one attached hydrogen (secondary N) is 1. The van der Waals surface area contributed by atoms with E-state index in [1.807, 2.05) is 31.2 Å². The Hall–Kier alpha value is -3.22. The van der Waals surface area contributed by atoms with Gasteiger partial charge in [-0.1, -0.05) is 26.0 Å². The van der Waals surface area contributed by atoms with Crippen molar-refractivity contribution in [2.45, 2.75) is 40.2 Å². The number of ketones is 1. The van der Waals surface area contributed by atoms with E-state index in [0.717, 1.165) is 17.0 Å². The number of hydrogen-bond acceptors (Lipinski definition) is 5.